The Labute approximate surface area is 121 Å². The number of para-hydroxylation sites is 1. The van der Waals surface area contributed by atoms with Crippen LogP contribution in [0.4, 0.5) is 8.78 Å². The lowest BCUT2D eigenvalue weighted by molar-refractivity contribution is 0.0935. The topological polar surface area (TPSA) is 38.3 Å². The zero-order valence-electron chi connectivity index (χ0n) is 11.7. The highest BCUT2D eigenvalue weighted by atomic mass is 19.1. The van der Waals surface area contributed by atoms with Gasteiger partial charge in [-0.3, -0.25) is 4.79 Å². The van der Waals surface area contributed by atoms with E-state index in [1.54, 1.807) is 19.1 Å². The number of methoxy groups -OCH3 is 1. The van der Waals surface area contributed by atoms with Gasteiger partial charge in [-0.15, -0.1) is 0 Å². The average Bonchev–Trinajstić information content (AvgIpc) is 2.49. The number of hydrogen-bond acceptors (Lipinski definition) is 2. The molecule has 0 fully saturated rings. The van der Waals surface area contributed by atoms with Crippen LogP contribution >= 0.6 is 0 Å². The van der Waals surface area contributed by atoms with Crippen molar-refractivity contribution in [1.82, 2.24) is 5.32 Å². The van der Waals surface area contributed by atoms with Crippen molar-refractivity contribution in [3.63, 3.8) is 0 Å². The molecule has 2 aromatic carbocycles. The first-order chi connectivity index (χ1) is 10.0. The van der Waals surface area contributed by atoms with E-state index in [1.807, 2.05) is 12.1 Å². The molecule has 1 amide bonds. The van der Waals surface area contributed by atoms with Crippen molar-refractivity contribution in [1.29, 1.82) is 0 Å². The van der Waals surface area contributed by atoms with Crippen molar-refractivity contribution in [2.75, 3.05) is 7.11 Å². The number of nitrogens with one attached hydrogen (secondary N) is 1. The lowest BCUT2D eigenvalue weighted by atomic mass is 10.1. The summed E-state index contributed by atoms with van der Waals surface area (Å²) >= 11 is 0. The molecule has 0 bridgehead atoms. The Balaban J connectivity index is 2.21. The molecule has 0 unspecified atom stereocenters. The van der Waals surface area contributed by atoms with E-state index in [4.69, 9.17) is 4.74 Å². The van der Waals surface area contributed by atoms with E-state index in [-0.39, 0.29) is 5.56 Å². The minimum Gasteiger partial charge on any atom is -0.496 e. The van der Waals surface area contributed by atoms with E-state index in [9.17, 15) is 13.6 Å². The number of halogens is 2. The van der Waals surface area contributed by atoms with Crippen molar-refractivity contribution >= 4 is 5.91 Å². The Morgan fingerprint density at radius 1 is 1.19 bits per heavy atom. The molecule has 0 aromatic heterocycles. The third kappa shape index (κ3) is 3.37. The Kier molecular flexibility index (Phi) is 4.52. The summed E-state index contributed by atoms with van der Waals surface area (Å²) in [5, 5.41) is 2.63. The first-order valence-electron chi connectivity index (χ1n) is 6.41. The van der Waals surface area contributed by atoms with Gasteiger partial charge in [0.2, 0.25) is 0 Å². The van der Waals surface area contributed by atoms with Crippen LogP contribution < -0.4 is 10.1 Å². The zero-order valence-corrected chi connectivity index (χ0v) is 11.7. The number of ether oxygens (including phenoxy) is 1. The molecule has 2 rings (SSSR count). The van der Waals surface area contributed by atoms with Gasteiger partial charge in [0.1, 0.15) is 17.4 Å². The Morgan fingerprint density at radius 3 is 2.62 bits per heavy atom. The Morgan fingerprint density at radius 2 is 1.90 bits per heavy atom. The molecule has 0 saturated carbocycles. The maximum Gasteiger partial charge on any atom is 0.254 e. The molecule has 1 atom stereocenters. The fraction of sp³-hybridized carbons (Fsp3) is 0.188. The number of rotatable bonds is 4. The number of carbonyl (C=O) groups is 1. The van der Waals surface area contributed by atoms with Crippen molar-refractivity contribution in [3.8, 4) is 5.75 Å². The van der Waals surface area contributed by atoms with E-state index in [0.29, 0.717) is 5.75 Å². The van der Waals surface area contributed by atoms with Crippen LogP contribution in [-0.2, 0) is 0 Å². The fourth-order valence-corrected chi connectivity index (χ4v) is 2.05. The van der Waals surface area contributed by atoms with Gasteiger partial charge in [-0.05, 0) is 31.2 Å². The SMILES string of the molecule is COc1ccccc1[C@@H](C)NC(=O)c1cc(F)ccc1F. The molecule has 3 nitrogen and oxygen atoms in total. The molecule has 110 valence electrons. The van der Waals surface area contributed by atoms with Crippen molar-refractivity contribution in [3.05, 3.63) is 65.2 Å². The van der Waals surface area contributed by atoms with Crippen molar-refractivity contribution in [2.24, 2.45) is 0 Å². The van der Waals surface area contributed by atoms with Gasteiger partial charge in [-0.1, -0.05) is 18.2 Å². The van der Waals surface area contributed by atoms with Crippen LogP contribution in [0.5, 0.6) is 5.75 Å². The molecule has 1 N–H and O–H groups in total. The maximum absolute atomic E-state index is 13.6. The summed E-state index contributed by atoms with van der Waals surface area (Å²) in [6.07, 6.45) is 0. The summed E-state index contributed by atoms with van der Waals surface area (Å²) in [7, 11) is 1.53. The van der Waals surface area contributed by atoms with Crippen LogP contribution in [0.15, 0.2) is 42.5 Å². The van der Waals surface area contributed by atoms with Gasteiger partial charge in [0.25, 0.3) is 5.91 Å². The standard InChI is InChI=1S/C16H15F2NO2/c1-10(12-5-3-4-6-15(12)21-2)19-16(20)13-9-11(17)7-8-14(13)18/h3-10H,1-2H3,(H,19,20)/t10-/m1/s1. The Bertz CT molecular complexity index is 658. The zero-order chi connectivity index (χ0) is 15.4. The summed E-state index contributed by atoms with van der Waals surface area (Å²) in [5.74, 6) is -1.48. The maximum atomic E-state index is 13.6. The lowest BCUT2D eigenvalue weighted by Crippen LogP contribution is -2.27. The number of amides is 1. The van der Waals surface area contributed by atoms with Crippen LogP contribution in [-0.4, -0.2) is 13.0 Å². The highest BCUT2D eigenvalue weighted by Crippen LogP contribution is 2.24. The van der Waals surface area contributed by atoms with Crippen LogP contribution in [0.25, 0.3) is 0 Å². The van der Waals surface area contributed by atoms with Gasteiger partial charge in [0, 0.05) is 5.56 Å². The molecule has 0 radical (unpaired) electrons. The first-order valence-corrected chi connectivity index (χ1v) is 6.41. The molecule has 21 heavy (non-hydrogen) atoms. The normalized spacial score (nSPS) is 11.8. The minimum atomic E-state index is -0.763. The largest absolute Gasteiger partial charge is 0.496 e. The molecule has 5 heteroatoms. The Hall–Kier alpha value is -2.43. The van der Waals surface area contributed by atoms with Gasteiger partial charge < -0.3 is 10.1 Å². The fourth-order valence-electron chi connectivity index (χ4n) is 2.05. The van der Waals surface area contributed by atoms with Crippen LogP contribution in [0, 0.1) is 11.6 Å². The smallest absolute Gasteiger partial charge is 0.254 e. The minimum absolute atomic E-state index is 0.322. The summed E-state index contributed by atoms with van der Waals surface area (Å²) < 4.78 is 31.9. The van der Waals surface area contributed by atoms with E-state index in [1.165, 1.54) is 7.11 Å². The molecule has 2 aromatic rings. The highest BCUT2D eigenvalue weighted by Gasteiger charge is 2.17. The van der Waals surface area contributed by atoms with E-state index in [2.05, 4.69) is 5.32 Å². The quantitative estimate of drug-likeness (QED) is 0.936. The number of benzene rings is 2. The molecule has 0 saturated heterocycles. The van der Waals surface area contributed by atoms with Crippen LogP contribution in [0.3, 0.4) is 0 Å². The van der Waals surface area contributed by atoms with Gasteiger partial charge in [0.15, 0.2) is 0 Å². The summed E-state index contributed by atoms with van der Waals surface area (Å²) in [6, 6.07) is 9.54. The van der Waals surface area contributed by atoms with Gasteiger partial charge in [0.05, 0.1) is 18.7 Å². The van der Waals surface area contributed by atoms with Crippen LogP contribution in [0.2, 0.25) is 0 Å². The monoisotopic (exact) mass is 291 g/mol. The highest BCUT2D eigenvalue weighted by molar-refractivity contribution is 5.94. The predicted molar refractivity (Wildman–Crippen MR) is 75.2 cm³/mol. The molecular weight excluding hydrogens is 276 g/mol. The molecular formula is C16H15F2NO2. The van der Waals surface area contributed by atoms with Crippen LogP contribution in [0.1, 0.15) is 28.9 Å². The second-order valence-corrected chi connectivity index (χ2v) is 4.56. The van der Waals surface area contributed by atoms with E-state index >= 15 is 0 Å². The van der Waals surface area contributed by atoms with E-state index < -0.39 is 23.6 Å². The third-order valence-electron chi connectivity index (χ3n) is 3.13. The van der Waals surface area contributed by atoms with Crippen molar-refractivity contribution < 1.29 is 18.3 Å². The molecule has 0 aliphatic carbocycles. The molecule has 0 heterocycles. The molecule has 0 aliphatic rings. The summed E-state index contributed by atoms with van der Waals surface area (Å²) in [5.41, 5.74) is 0.432. The predicted octanol–water partition coefficient (Wildman–Crippen LogP) is 3.46. The summed E-state index contributed by atoms with van der Waals surface area (Å²) in [6.45, 7) is 1.74. The second-order valence-electron chi connectivity index (χ2n) is 4.56. The van der Waals surface area contributed by atoms with Gasteiger partial charge in [-0.25, -0.2) is 8.78 Å². The second kappa shape index (κ2) is 6.35. The van der Waals surface area contributed by atoms with Gasteiger partial charge in [-0.2, -0.15) is 0 Å². The molecule has 0 aliphatic heterocycles. The summed E-state index contributed by atoms with van der Waals surface area (Å²) in [4.78, 5) is 12.0. The lowest BCUT2D eigenvalue weighted by Gasteiger charge is -2.17. The average molecular weight is 291 g/mol. The first kappa shape index (κ1) is 15.0. The van der Waals surface area contributed by atoms with E-state index in [0.717, 1.165) is 23.8 Å². The van der Waals surface area contributed by atoms with Crippen molar-refractivity contribution in [2.45, 2.75) is 13.0 Å². The molecule has 0 spiro atoms. The number of hydrogen-bond donors (Lipinski definition) is 1. The third-order valence-corrected chi connectivity index (χ3v) is 3.13. The number of carbonyl (C=O) groups excluding carboxylic acids is 1. The van der Waals surface area contributed by atoms with Gasteiger partial charge >= 0.3 is 0 Å².